The molecule has 5 heteroatoms. The molecule has 2 rings (SSSR count). The summed E-state index contributed by atoms with van der Waals surface area (Å²) < 4.78 is 0. The van der Waals surface area contributed by atoms with Crippen LogP contribution in [0, 0.1) is 13.8 Å². The van der Waals surface area contributed by atoms with Crippen molar-refractivity contribution in [3.05, 3.63) is 74.5 Å². The van der Waals surface area contributed by atoms with E-state index in [1.807, 2.05) is 40.3 Å². The number of benzene rings is 2. The first kappa shape index (κ1) is 30.5. The SMILES string of the molecule is [CH2]CCN(C)C.[CH2]CCN(C)C.[O-]c1ccccc1.[O-]c1ccccc1.[Sn+2]. The van der Waals surface area contributed by atoms with E-state index in [1.54, 1.807) is 24.3 Å². The summed E-state index contributed by atoms with van der Waals surface area (Å²) in [5.41, 5.74) is 0. The number of nitrogens with zero attached hydrogens (tertiary/aromatic N) is 2. The van der Waals surface area contributed by atoms with E-state index in [0.29, 0.717) is 0 Å². The molecule has 0 aromatic heterocycles. The molecule has 0 amide bonds. The van der Waals surface area contributed by atoms with Crippen LogP contribution >= 0.6 is 0 Å². The minimum atomic E-state index is 0. The van der Waals surface area contributed by atoms with Crippen molar-refractivity contribution in [2.75, 3.05) is 41.3 Å². The maximum Gasteiger partial charge on any atom is 2.00 e. The third-order valence-electron chi connectivity index (χ3n) is 2.70. The topological polar surface area (TPSA) is 52.6 Å². The molecule has 0 bridgehead atoms. The fourth-order valence-electron chi connectivity index (χ4n) is 1.47. The molecule has 0 fully saturated rings. The molecule has 0 unspecified atom stereocenters. The summed E-state index contributed by atoms with van der Waals surface area (Å²) in [7, 11) is 8.19. The van der Waals surface area contributed by atoms with E-state index in [1.165, 1.54) is 24.3 Å². The summed E-state index contributed by atoms with van der Waals surface area (Å²) >= 11 is 0. The van der Waals surface area contributed by atoms with Crippen LogP contribution in [-0.2, 0) is 0 Å². The molecule has 0 spiro atoms. The average molecular weight is 477 g/mol. The molecule has 0 atom stereocenters. The second-order valence-corrected chi connectivity index (χ2v) is 5.94. The molecule has 0 aliphatic carbocycles. The average Bonchev–Trinajstić information content (AvgIpc) is 2.58. The van der Waals surface area contributed by atoms with Gasteiger partial charge in [0.2, 0.25) is 0 Å². The van der Waals surface area contributed by atoms with Crippen LogP contribution < -0.4 is 10.2 Å². The van der Waals surface area contributed by atoms with Gasteiger partial charge in [-0.25, -0.2) is 0 Å². The molecule has 4 nitrogen and oxygen atoms in total. The van der Waals surface area contributed by atoms with Gasteiger partial charge in [-0.15, -0.1) is 11.5 Å². The standard InChI is InChI=1S/2C6H6O.2C5H12N.Sn/c2*7-6-4-2-1-3-5-6;2*1-4-5-6(2)3;/h2*1-5,7H;2*1,4-5H2,2-3H3;/q;;;;+2/p-2. The molecule has 4 radical (unpaired) electrons. The number of rotatable bonds is 4. The Balaban J connectivity index is -0.000000282. The van der Waals surface area contributed by atoms with Crippen LogP contribution in [0.1, 0.15) is 12.8 Å². The van der Waals surface area contributed by atoms with E-state index in [9.17, 15) is 10.2 Å². The Hall–Kier alpha value is -1.24. The fraction of sp³-hybridized carbons (Fsp3) is 0.364. The number of hydrogen-bond donors (Lipinski definition) is 0. The van der Waals surface area contributed by atoms with Crippen molar-refractivity contribution in [2.24, 2.45) is 0 Å². The first-order valence-electron chi connectivity index (χ1n) is 8.65. The van der Waals surface area contributed by atoms with Crippen molar-refractivity contribution in [1.29, 1.82) is 0 Å². The van der Waals surface area contributed by atoms with Gasteiger partial charge in [0.25, 0.3) is 0 Å². The van der Waals surface area contributed by atoms with Crippen LogP contribution in [0.25, 0.3) is 0 Å². The molecule has 148 valence electrons. The van der Waals surface area contributed by atoms with Crippen molar-refractivity contribution in [3.63, 3.8) is 0 Å². The molecule has 0 aliphatic heterocycles. The largest absolute Gasteiger partial charge is 2.00 e. The predicted octanol–water partition coefficient (Wildman–Crippen LogP) is 2.68. The van der Waals surface area contributed by atoms with Crippen molar-refractivity contribution in [2.45, 2.75) is 12.8 Å². The van der Waals surface area contributed by atoms with Crippen LogP contribution in [-0.4, -0.2) is 75.0 Å². The first-order valence-corrected chi connectivity index (χ1v) is 8.65. The van der Waals surface area contributed by atoms with Gasteiger partial charge in [0.05, 0.1) is 0 Å². The Kier molecular flexibility index (Phi) is 25.7. The molecule has 2 aromatic rings. The number of para-hydroxylation sites is 2. The van der Waals surface area contributed by atoms with Gasteiger partial charge < -0.3 is 20.0 Å². The molecule has 27 heavy (non-hydrogen) atoms. The van der Waals surface area contributed by atoms with Crippen LogP contribution in [0.4, 0.5) is 0 Å². The third kappa shape index (κ3) is 29.8. The van der Waals surface area contributed by atoms with Gasteiger partial charge in [0.1, 0.15) is 0 Å². The number of hydrogen-bond acceptors (Lipinski definition) is 4. The zero-order chi connectivity index (χ0) is 20.2. The van der Waals surface area contributed by atoms with E-state index in [2.05, 4.69) is 23.6 Å². The van der Waals surface area contributed by atoms with Crippen molar-refractivity contribution in [1.82, 2.24) is 9.80 Å². The first-order chi connectivity index (χ1) is 12.3. The predicted molar refractivity (Wildman–Crippen MR) is 115 cm³/mol. The Morgan fingerprint density at radius 3 is 0.963 bits per heavy atom. The van der Waals surface area contributed by atoms with Gasteiger partial charge in [-0.05, 0) is 54.1 Å². The third-order valence-corrected chi connectivity index (χ3v) is 2.70. The van der Waals surface area contributed by atoms with E-state index in [0.717, 1.165) is 25.9 Å². The van der Waals surface area contributed by atoms with Crippen molar-refractivity contribution in [3.8, 4) is 11.5 Å². The summed E-state index contributed by atoms with van der Waals surface area (Å²) in [6.45, 7) is 9.56. The molecule has 0 N–H and O–H groups in total. The minimum absolute atomic E-state index is 0. The van der Waals surface area contributed by atoms with Gasteiger partial charge in [0.15, 0.2) is 0 Å². The van der Waals surface area contributed by atoms with E-state index < -0.39 is 0 Å². The Morgan fingerprint density at radius 2 is 0.889 bits per heavy atom. The van der Waals surface area contributed by atoms with Gasteiger partial charge in [-0.1, -0.05) is 74.5 Å². The van der Waals surface area contributed by atoms with Crippen molar-refractivity contribution >= 4 is 23.9 Å². The summed E-state index contributed by atoms with van der Waals surface area (Å²) in [5.74, 6) is 0.144. The van der Waals surface area contributed by atoms with Crippen LogP contribution in [0.2, 0.25) is 0 Å². The van der Waals surface area contributed by atoms with Crippen LogP contribution in [0.15, 0.2) is 60.7 Å². The Bertz CT molecular complexity index is 447. The fourth-order valence-corrected chi connectivity index (χ4v) is 1.47. The van der Waals surface area contributed by atoms with Crippen molar-refractivity contribution < 1.29 is 10.2 Å². The van der Waals surface area contributed by atoms with E-state index in [4.69, 9.17) is 0 Å². The van der Waals surface area contributed by atoms with Crippen LogP contribution in [0.3, 0.4) is 0 Å². The Morgan fingerprint density at radius 1 is 0.630 bits per heavy atom. The molecule has 0 heterocycles. The monoisotopic (exact) mass is 478 g/mol. The second-order valence-electron chi connectivity index (χ2n) is 5.94. The molecule has 0 saturated carbocycles. The normalized spacial score (nSPS) is 8.89. The minimum Gasteiger partial charge on any atom is -0.872 e. The zero-order valence-electron chi connectivity index (χ0n) is 17.2. The van der Waals surface area contributed by atoms with Gasteiger partial charge in [-0.3, -0.25) is 0 Å². The zero-order valence-corrected chi connectivity index (χ0v) is 20.1. The summed E-state index contributed by atoms with van der Waals surface area (Å²) in [6, 6.07) is 16.7. The molecule has 0 aliphatic rings. The molecule has 2 aromatic carbocycles. The quantitative estimate of drug-likeness (QED) is 0.636. The summed E-state index contributed by atoms with van der Waals surface area (Å²) in [5, 5.41) is 20.5. The maximum atomic E-state index is 10.3. The van der Waals surface area contributed by atoms with E-state index in [-0.39, 0.29) is 35.4 Å². The van der Waals surface area contributed by atoms with Gasteiger partial charge in [-0.2, -0.15) is 0 Å². The van der Waals surface area contributed by atoms with Gasteiger partial charge in [0, 0.05) is 0 Å². The second kappa shape index (κ2) is 22.8. The van der Waals surface area contributed by atoms with Gasteiger partial charge >= 0.3 is 23.9 Å². The molecular formula is C22H34N2O2Sn. The molecule has 0 saturated heterocycles. The van der Waals surface area contributed by atoms with Crippen LogP contribution in [0.5, 0.6) is 11.5 Å². The molecular weight excluding hydrogens is 443 g/mol. The Labute approximate surface area is 183 Å². The maximum absolute atomic E-state index is 10.3. The smallest absolute Gasteiger partial charge is 0.872 e. The van der Waals surface area contributed by atoms with E-state index >= 15 is 0 Å². The summed E-state index contributed by atoms with van der Waals surface area (Å²) in [6.07, 6.45) is 2.01. The summed E-state index contributed by atoms with van der Waals surface area (Å²) in [4.78, 5) is 4.24.